The number of sulfone groups is 1. The fourth-order valence-electron chi connectivity index (χ4n) is 3.36. The Morgan fingerprint density at radius 3 is 2.18 bits per heavy atom. The average molecular weight is 508 g/mol. The first-order chi connectivity index (χ1) is 15.0. The van der Waals surface area contributed by atoms with Crippen LogP contribution in [-0.2, 0) is 16.9 Å². The smallest absolute Gasteiger partial charge is 0.350 e. The third-order valence-corrected chi connectivity index (χ3v) is 7.20. The fraction of sp³-hybridized carbons (Fsp3) is 0.556. The maximum Gasteiger partial charge on any atom is 0.435 e. The molecule has 2 aromatic heterocycles. The van der Waals surface area contributed by atoms with Crippen LogP contribution in [0.1, 0.15) is 43.1 Å². The lowest BCUT2D eigenvalue weighted by molar-refractivity contribution is -0.673. The Kier molecular flexibility index (Phi) is 5.96. The van der Waals surface area contributed by atoms with Crippen LogP contribution in [0, 0.1) is 0 Å². The molecule has 184 valence electrons. The zero-order chi connectivity index (χ0) is 25.1. The maximum absolute atomic E-state index is 14.6. The van der Waals surface area contributed by atoms with E-state index >= 15 is 0 Å². The molecule has 0 saturated heterocycles. The number of hydrogen-bond acceptors (Lipinski definition) is 4. The van der Waals surface area contributed by atoms with Crippen molar-refractivity contribution >= 4 is 9.84 Å². The predicted octanol–water partition coefficient (Wildman–Crippen LogP) is 4.13. The average Bonchev–Trinajstić information content (AvgIpc) is 3.50. The molecule has 1 N–H and O–H groups in total. The van der Waals surface area contributed by atoms with Crippen LogP contribution in [0.25, 0.3) is 11.5 Å². The van der Waals surface area contributed by atoms with Crippen LogP contribution < -0.4 is 4.57 Å². The predicted molar refractivity (Wildman–Crippen MR) is 95.5 cm³/mol. The molecule has 0 aliphatic heterocycles. The summed E-state index contributed by atoms with van der Waals surface area (Å²) < 4.78 is 132. The Morgan fingerprint density at radius 2 is 1.73 bits per heavy atom. The molecule has 1 fully saturated rings. The topological polar surface area (TPSA) is 76.1 Å². The number of rotatable bonds is 6. The van der Waals surface area contributed by atoms with E-state index in [-0.39, 0.29) is 16.8 Å². The molecule has 0 aromatic carbocycles. The van der Waals surface area contributed by atoms with E-state index in [1.54, 1.807) is 0 Å². The van der Waals surface area contributed by atoms with Crippen LogP contribution in [0.4, 0.5) is 35.1 Å². The van der Waals surface area contributed by atoms with E-state index in [1.165, 1.54) is 19.2 Å². The number of imidazole rings is 1. The Morgan fingerprint density at radius 1 is 1.18 bits per heavy atom. The van der Waals surface area contributed by atoms with Crippen LogP contribution in [-0.4, -0.2) is 47.1 Å². The molecule has 3 rings (SSSR count). The maximum atomic E-state index is 14.6. The molecule has 0 spiro atoms. The molecule has 0 amide bonds. The molecule has 1 atom stereocenters. The van der Waals surface area contributed by atoms with Gasteiger partial charge in [0.1, 0.15) is 4.90 Å². The number of pyridine rings is 1. The summed E-state index contributed by atoms with van der Waals surface area (Å²) in [6.45, 7) is 1.29. The largest absolute Gasteiger partial charge is 0.435 e. The number of hydrogen-bond donors (Lipinski definition) is 1. The van der Waals surface area contributed by atoms with Gasteiger partial charge in [0.2, 0.25) is 6.17 Å². The standard InChI is InChI=1S/C18H18F8N3O3S/c1-3-33(31,32)12-6-10(9-4-5-9)7-27-13(12)15-28(2)11(8-29(15)30)14(19)16(20,17(21,22)23)18(24,25)26/h6-9,14,30H,3-5H2,1-2H3/q+1. The molecule has 15 heteroatoms. The first kappa shape index (κ1) is 25.2. The molecule has 0 radical (unpaired) electrons. The first-order valence-corrected chi connectivity index (χ1v) is 11.1. The molecule has 1 saturated carbocycles. The van der Waals surface area contributed by atoms with Crippen LogP contribution in [0.5, 0.6) is 0 Å². The summed E-state index contributed by atoms with van der Waals surface area (Å²) in [5.74, 6) is -1.17. The quantitative estimate of drug-likeness (QED) is 0.362. The van der Waals surface area contributed by atoms with Crippen molar-refractivity contribution in [3.63, 3.8) is 0 Å². The minimum Gasteiger partial charge on any atom is -0.350 e. The molecule has 6 nitrogen and oxygen atoms in total. The summed E-state index contributed by atoms with van der Waals surface area (Å²) in [6, 6.07) is 1.24. The molecule has 1 aliphatic rings. The van der Waals surface area contributed by atoms with E-state index in [0.717, 1.165) is 19.9 Å². The van der Waals surface area contributed by atoms with Crippen molar-refractivity contribution in [2.24, 2.45) is 7.05 Å². The van der Waals surface area contributed by atoms with Crippen LogP contribution >= 0.6 is 0 Å². The van der Waals surface area contributed by atoms with Crippen molar-refractivity contribution < 1.29 is 53.3 Å². The highest BCUT2D eigenvalue weighted by atomic mass is 32.2. The second kappa shape index (κ2) is 7.81. The zero-order valence-electron chi connectivity index (χ0n) is 17.0. The highest BCUT2D eigenvalue weighted by Crippen LogP contribution is 2.54. The van der Waals surface area contributed by atoms with Gasteiger partial charge < -0.3 is 5.21 Å². The molecule has 2 aromatic rings. The monoisotopic (exact) mass is 508 g/mol. The lowest BCUT2D eigenvalue weighted by Crippen LogP contribution is -2.57. The number of aromatic nitrogens is 3. The third kappa shape index (κ3) is 4.04. The molecule has 33 heavy (non-hydrogen) atoms. The number of nitrogens with zero attached hydrogens (tertiary/aromatic N) is 3. The van der Waals surface area contributed by atoms with Gasteiger partial charge in [0.25, 0.3) is 0 Å². The van der Waals surface area contributed by atoms with Crippen molar-refractivity contribution in [2.45, 2.75) is 54.8 Å². The molecule has 1 unspecified atom stereocenters. The molecule has 1 aliphatic carbocycles. The van der Waals surface area contributed by atoms with E-state index in [2.05, 4.69) is 4.98 Å². The summed E-state index contributed by atoms with van der Waals surface area (Å²) in [6.07, 6.45) is -14.8. The Bertz CT molecular complexity index is 1160. The van der Waals surface area contributed by atoms with Crippen LogP contribution in [0.2, 0.25) is 0 Å². The zero-order valence-corrected chi connectivity index (χ0v) is 17.9. The highest BCUT2D eigenvalue weighted by Gasteiger charge is 2.78. The van der Waals surface area contributed by atoms with Crippen LogP contribution in [0.3, 0.4) is 0 Å². The Labute approximate surface area is 182 Å². The normalized spacial score (nSPS) is 16.8. The van der Waals surface area contributed by atoms with Gasteiger partial charge in [-0.1, -0.05) is 6.92 Å². The Hall–Kier alpha value is -2.45. The summed E-state index contributed by atoms with van der Waals surface area (Å²) in [4.78, 5) is 3.48. The summed E-state index contributed by atoms with van der Waals surface area (Å²) >= 11 is 0. The third-order valence-electron chi connectivity index (χ3n) is 5.46. The van der Waals surface area contributed by atoms with Crippen molar-refractivity contribution in [1.82, 2.24) is 9.71 Å². The van der Waals surface area contributed by atoms with Gasteiger partial charge in [0, 0.05) is 6.20 Å². The van der Waals surface area contributed by atoms with Crippen molar-refractivity contribution in [3.8, 4) is 11.5 Å². The van der Waals surface area contributed by atoms with Crippen LogP contribution in [0.15, 0.2) is 23.4 Å². The molecular formula is C18H18F8N3O3S+. The van der Waals surface area contributed by atoms with Gasteiger partial charge in [-0.05, 0) is 35.1 Å². The minimum atomic E-state index is -6.68. The first-order valence-electron chi connectivity index (χ1n) is 9.47. The molecule has 2 heterocycles. The summed E-state index contributed by atoms with van der Waals surface area (Å²) in [5.41, 5.74) is -7.85. The van der Waals surface area contributed by atoms with E-state index in [4.69, 9.17) is 0 Å². The van der Waals surface area contributed by atoms with E-state index in [1.807, 2.05) is 0 Å². The Balaban J connectivity index is 2.23. The lowest BCUT2D eigenvalue weighted by Gasteiger charge is -2.31. The number of halogens is 8. The SMILES string of the molecule is CCS(=O)(=O)c1cc(C2CC2)cnc1-c1n(O)cc(C(F)C(F)(C(F)(F)F)C(F)(F)F)[n+]1C. The van der Waals surface area contributed by atoms with Gasteiger partial charge in [-0.2, -0.15) is 26.3 Å². The van der Waals surface area contributed by atoms with Crippen molar-refractivity contribution in [1.29, 1.82) is 0 Å². The van der Waals surface area contributed by atoms with Gasteiger partial charge in [-0.15, -0.1) is 0 Å². The van der Waals surface area contributed by atoms with Gasteiger partial charge >= 0.3 is 23.8 Å². The summed E-state index contributed by atoms with van der Waals surface area (Å²) in [7, 11) is -3.31. The van der Waals surface area contributed by atoms with Crippen molar-refractivity contribution in [3.05, 3.63) is 29.7 Å². The van der Waals surface area contributed by atoms with Gasteiger partial charge in [0.05, 0.1) is 12.8 Å². The van der Waals surface area contributed by atoms with Gasteiger partial charge in [-0.3, -0.25) is 0 Å². The van der Waals surface area contributed by atoms with Gasteiger partial charge in [0.15, 0.2) is 27.4 Å². The van der Waals surface area contributed by atoms with Gasteiger partial charge in [-0.25, -0.2) is 26.7 Å². The van der Waals surface area contributed by atoms with E-state index < -0.39 is 61.9 Å². The number of alkyl halides is 8. The fourth-order valence-corrected chi connectivity index (χ4v) is 4.43. The summed E-state index contributed by atoms with van der Waals surface area (Å²) in [5, 5.41) is 10.1. The second-order valence-corrected chi connectivity index (χ2v) is 9.89. The van der Waals surface area contributed by atoms with E-state index in [0.29, 0.717) is 10.1 Å². The second-order valence-electron chi connectivity index (χ2n) is 7.64. The lowest BCUT2D eigenvalue weighted by atomic mass is 9.96. The van der Waals surface area contributed by atoms with E-state index in [9.17, 15) is 48.7 Å². The highest BCUT2D eigenvalue weighted by molar-refractivity contribution is 7.91. The minimum absolute atomic E-state index is 0.0310. The molecule has 0 bridgehead atoms. The van der Waals surface area contributed by atoms with Crippen molar-refractivity contribution in [2.75, 3.05) is 5.75 Å². The molecular weight excluding hydrogens is 490 g/mol.